The minimum absolute atomic E-state index is 0.462. The van der Waals surface area contributed by atoms with E-state index < -0.39 is 11.8 Å². The number of methoxy groups -OCH3 is 3. The van der Waals surface area contributed by atoms with Gasteiger partial charge in [0.1, 0.15) is 5.75 Å². The number of benzene rings is 2. The van der Waals surface area contributed by atoms with E-state index >= 15 is 0 Å². The number of rotatable bonds is 6. The Kier molecular flexibility index (Phi) is 6.55. The van der Waals surface area contributed by atoms with Gasteiger partial charge in [0.2, 0.25) is 0 Å². The molecule has 2 aromatic rings. The van der Waals surface area contributed by atoms with Gasteiger partial charge in [0.15, 0.2) is 11.5 Å². The Bertz CT molecular complexity index is 803. The van der Waals surface area contributed by atoms with Crippen LogP contribution in [0.4, 0.5) is 5.69 Å². The van der Waals surface area contributed by atoms with Crippen LogP contribution in [0.15, 0.2) is 47.6 Å². The third kappa shape index (κ3) is 4.73. The standard InChI is InChI=1S/C18H19N3O5/c1-24-14-9-7-13(8-10-14)20-17(22)18(23)21-19-11-12-5-4-6-15(25-2)16(12)26-3/h4-11H,1-3H3,(H,20,22)(H,21,23). The number of carbonyl (C=O) groups is 2. The van der Waals surface area contributed by atoms with E-state index in [1.807, 2.05) is 0 Å². The zero-order valence-corrected chi connectivity index (χ0v) is 14.6. The Morgan fingerprint density at radius 2 is 1.65 bits per heavy atom. The Morgan fingerprint density at radius 3 is 2.27 bits per heavy atom. The van der Waals surface area contributed by atoms with Crippen molar-refractivity contribution >= 4 is 23.7 Å². The van der Waals surface area contributed by atoms with Crippen LogP contribution in [0.5, 0.6) is 17.2 Å². The molecular formula is C18H19N3O5. The van der Waals surface area contributed by atoms with Gasteiger partial charge in [-0.1, -0.05) is 6.07 Å². The molecular weight excluding hydrogens is 338 g/mol. The molecule has 2 rings (SSSR count). The van der Waals surface area contributed by atoms with Gasteiger partial charge in [0, 0.05) is 11.3 Å². The second kappa shape index (κ2) is 9.07. The lowest BCUT2D eigenvalue weighted by molar-refractivity contribution is -0.136. The Hall–Kier alpha value is -3.55. The maximum Gasteiger partial charge on any atom is 0.329 e. The fourth-order valence-electron chi connectivity index (χ4n) is 2.09. The fourth-order valence-corrected chi connectivity index (χ4v) is 2.09. The van der Waals surface area contributed by atoms with E-state index in [1.165, 1.54) is 27.5 Å². The molecule has 8 heteroatoms. The van der Waals surface area contributed by atoms with Gasteiger partial charge in [-0.05, 0) is 36.4 Å². The summed E-state index contributed by atoms with van der Waals surface area (Å²) in [5, 5.41) is 6.23. The summed E-state index contributed by atoms with van der Waals surface area (Å²) in [7, 11) is 4.55. The van der Waals surface area contributed by atoms with Gasteiger partial charge in [0.05, 0.1) is 27.5 Å². The molecule has 136 valence electrons. The van der Waals surface area contributed by atoms with Gasteiger partial charge in [-0.25, -0.2) is 5.43 Å². The Morgan fingerprint density at radius 1 is 0.923 bits per heavy atom. The number of amides is 2. The van der Waals surface area contributed by atoms with Crippen molar-refractivity contribution in [1.29, 1.82) is 0 Å². The second-order valence-corrected chi connectivity index (χ2v) is 4.96. The molecule has 2 aromatic carbocycles. The Labute approximate surface area is 150 Å². The molecule has 8 nitrogen and oxygen atoms in total. The van der Waals surface area contributed by atoms with E-state index in [1.54, 1.807) is 42.5 Å². The summed E-state index contributed by atoms with van der Waals surface area (Å²) in [6.07, 6.45) is 1.36. The molecule has 0 saturated heterocycles. The van der Waals surface area contributed by atoms with Gasteiger partial charge in [0.25, 0.3) is 0 Å². The van der Waals surface area contributed by atoms with Gasteiger partial charge in [-0.2, -0.15) is 5.10 Å². The molecule has 26 heavy (non-hydrogen) atoms. The normalized spacial score (nSPS) is 10.3. The SMILES string of the molecule is COc1ccc(NC(=O)C(=O)NN=Cc2cccc(OC)c2OC)cc1. The molecule has 0 bridgehead atoms. The molecule has 0 saturated carbocycles. The average Bonchev–Trinajstić information content (AvgIpc) is 2.68. The van der Waals surface area contributed by atoms with E-state index in [2.05, 4.69) is 15.8 Å². The fraction of sp³-hybridized carbons (Fsp3) is 0.167. The zero-order valence-electron chi connectivity index (χ0n) is 14.6. The largest absolute Gasteiger partial charge is 0.497 e. The number of para-hydroxylation sites is 1. The van der Waals surface area contributed by atoms with Crippen LogP contribution in [0.2, 0.25) is 0 Å². The maximum atomic E-state index is 11.9. The highest BCUT2D eigenvalue weighted by atomic mass is 16.5. The molecule has 0 aromatic heterocycles. The third-order valence-electron chi connectivity index (χ3n) is 3.36. The van der Waals surface area contributed by atoms with E-state index in [-0.39, 0.29) is 0 Å². The van der Waals surface area contributed by atoms with Crippen LogP contribution in [-0.4, -0.2) is 39.4 Å². The van der Waals surface area contributed by atoms with Crippen LogP contribution in [-0.2, 0) is 9.59 Å². The highest BCUT2D eigenvalue weighted by molar-refractivity contribution is 6.39. The first kappa shape index (κ1) is 18.8. The summed E-state index contributed by atoms with van der Waals surface area (Å²) in [6, 6.07) is 11.8. The molecule has 0 fully saturated rings. The van der Waals surface area contributed by atoms with Crippen LogP contribution in [0.25, 0.3) is 0 Å². The van der Waals surface area contributed by atoms with E-state index in [4.69, 9.17) is 14.2 Å². The zero-order chi connectivity index (χ0) is 18.9. The molecule has 0 atom stereocenters. The van der Waals surface area contributed by atoms with Gasteiger partial charge in [-0.3, -0.25) is 9.59 Å². The highest BCUT2D eigenvalue weighted by Gasteiger charge is 2.13. The van der Waals surface area contributed by atoms with Crippen molar-refractivity contribution < 1.29 is 23.8 Å². The van der Waals surface area contributed by atoms with Crippen molar-refractivity contribution in [1.82, 2.24) is 5.43 Å². The van der Waals surface area contributed by atoms with Crippen LogP contribution >= 0.6 is 0 Å². The first-order valence-electron chi connectivity index (χ1n) is 7.58. The summed E-state index contributed by atoms with van der Waals surface area (Å²) in [6.45, 7) is 0. The van der Waals surface area contributed by atoms with Crippen molar-refractivity contribution in [2.45, 2.75) is 0 Å². The number of anilines is 1. The molecule has 0 heterocycles. The number of nitrogens with one attached hydrogen (secondary N) is 2. The monoisotopic (exact) mass is 357 g/mol. The van der Waals surface area contributed by atoms with Crippen LogP contribution < -0.4 is 25.0 Å². The molecule has 2 N–H and O–H groups in total. The topological polar surface area (TPSA) is 98.2 Å². The lowest BCUT2D eigenvalue weighted by Gasteiger charge is -2.09. The maximum absolute atomic E-state index is 11.9. The van der Waals surface area contributed by atoms with E-state index in [0.717, 1.165) is 0 Å². The van der Waals surface area contributed by atoms with Crippen molar-refractivity contribution in [3.63, 3.8) is 0 Å². The van der Waals surface area contributed by atoms with Crippen LogP contribution in [0.3, 0.4) is 0 Å². The predicted octanol–water partition coefficient (Wildman–Crippen LogP) is 1.80. The minimum atomic E-state index is -0.904. The Balaban J connectivity index is 1.97. The number of hydrazone groups is 1. The second-order valence-electron chi connectivity index (χ2n) is 4.96. The van der Waals surface area contributed by atoms with E-state index in [9.17, 15) is 9.59 Å². The number of ether oxygens (including phenoxy) is 3. The first-order valence-corrected chi connectivity index (χ1v) is 7.58. The molecule has 0 aliphatic rings. The number of hydrogen-bond acceptors (Lipinski definition) is 6. The van der Waals surface area contributed by atoms with Gasteiger partial charge in [-0.15, -0.1) is 0 Å². The minimum Gasteiger partial charge on any atom is -0.497 e. The molecule has 0 spiro atoms. The molecule has 0 aliphatic carbocycles. The van der Waals surface area contributed by atoms with Crippen LogP contribution in [0, 0.1) is 0 Å². The molecule has 0 aliphatic heterocycles. The van der Waals surface area contributed by atoms with Gasteiger partial charge < -0.3 is 19.5 Å². The lowest BCUT2D eigenvalue weighted by Crippen LogP contribution is -2.32. The smallest absolute Gasteiger partial charge is 0.329 e. The van der Waals surface area contributed by atoms with Crippen molar-refractivity contribution in [2.24, 2.45) is 5.10 Å². The quantitative estimate of drug-likeness (QED) is 0.467. The summed E-state index contributed by atoms with van der Waals surface area (Å²) >= 11 is 0. The predicted molar refractivity (Wildman–Crippen MR) is 96.9 cm³/mol. The van der Waals surface area contributed by atoms with Crippen molar-refractivity contribution in [3.8, 4) is 17.2 Å². The summed E-state index contributed by atoms with van der Waals surface area (Å²) in [5.41, 5.74) is 3.21. The molecule has 0 radical (unpaired) electrons. The lowest BCUT2D eigenvalue weighted by atomic mass is 10.2. The third-order valence-corrected chi connectivity index (χ3v) is 3.36. The van der Waals surface area contributed by atoms with Crippen LogP contribution in [0.1, 0.15) is 5.56 Å². The number of hydrogen-bond donors (Lipinski definition) is 2. The number of carbonyl (C=O) groups excluding carboxylic acids is 2. The van der Waals surface area contributed by atoms with Crippen molar-refractivity contribution in [3.05, 3.63) is 48.0 Å². The molecule has 2 amide bonds. The highest BCUT2D eigenvalue weighted by Crippen LogP contribution is 2.29. The van der Waals surface area contributed by atoms with E-state index in [0.29, 0.717) is 28.5 Å². The molecule has 0 unspecified atom stereocenters. The summed E-state index contributed by atoms with van der Waals surface area (Å²) in [4.78, 5) is 23.7. The van der Waals surface area contributed by atoms with Crippen molar-refractivity contribution in [2.75, 3.05) is 26.6 Å². The average molecular weight is 357 g/mol. The summed E-state index contributed by atoms with van der Waals surface area (Å²) < 4.78 is 15.5. The number of nitrogens with zero attached hydrogens (tertiary/aromatic N) is 1. The van der Waals surface area contributed by atoms with Gasteiger partial charge >= 0.3 is 11.8 Å². The summed E-state index contributed by atoms with van der Waals surface area (Å²) in [5.74, 6) is -0.108. The first-order chi connectivity index (χ1) is 12.6.